The van der Waals surface area contributed by atoms with Crippen LogP contribution in [-0.2, 0) is 11.3 Å². The van der Waals surface area contributed by atoms with E-state index in [1.807, 2.05) is 20.8 Å². The predicted molar refractivity (Wildman–Crippen MR) is 81.8 cm³/mol. The van der Waals surface area contributed by atoms with Crippen LogP contribution in [0, 0.1) is 11.7 Å². The van der Waals surface area contributed by atoms with Crippen LogP contribution < -0.4 is 10.1 Å². The van der Waals surface area contributed by atoms with Crippen LogP contribution in [0.1, 0.15) is 26.3 Å². The molecule has 5 heteroatoms. The minimum absolute atomic E-state index is 0.0784. The molecule has 1 N–H and O–H groups in total. The highest BCUT2D eigenvalue weighted by Gasteiger charge is 2.19. The van der Waals surface area contributed by atoms with E-state index in [2.05, 4.69) is 5.32 Å². The van der Waals surface area contributed by atoms with E-state index in [0.717, 1.165) is 12.1 Å². The third-order valence-electron chi connectivity index (χ3n) is 3.41. The zero-order valence-corrected chi connectivity index (χ0v) is 13.3. The number of benzene rings is 1. The van der Waals surface area contributed by atoms with Crippen LogP contribution in [0.15, 0.2) is 18.2 Å². The number of nitrogens with one attached hydrogen (secondary N) is 1. The zero-order chi connectivity index (χ0) is 15.8. The molecular weight excluding hydrogens is 271 g/mol. The number of carbonyl (C=O) groups excluding carboxylic acids is 1. The Kier molecular flexibility index (Phi) is 7.15. The van der Waals surface area contributed by atoms with Crippen molar-refractivity contribution in [2.45, 2.75) is 27.3 Å². The molecule has 1 aromatic carbocycles. The van der Waals surface area contributed by atoms with Gasteiger partial charge in [-0.1, -0.05) is 19.9 Å². The van der Waals surface area contributed by atoms with Gasteiger partial charge in [0.2, 0.25) is 5.91 Å². The number of rotatable bonds is 8. The smallest absolute Gasteiger partial charge is 0.226 e. The van der Waals surface area contributed by atoms with E-state index in [9.17, 15) is 9.18 Å². The van der Waals surface area contributed by atoms with Crippen molar-refractivity contribution in [3.05, 3.63) is 29.6 Å². The molecule has 0 aromatic heterocycles. The fourth-order valence-corrected chi connectivity index (χ4v) is 2.13. The van der Waals surface area contributed by atoms with Crippen LogP contribution in [0.25, 0.3) is 0 Å². The molecule has 0 aliphatic heterocycles. The van der Waals surface area contributed by atoms with E-state index in [1.165, 1.54) is 13.2 Å². The lowest BCUT2D eigenvalue weighted by atomic mass is 10.1. The van der Waals surface area contributed by atoms with Crippen LogP contribution in [0.4, 0.5) is 4.39 Å². The molecule has 0 saturated heterocycles. The number of methoxy groups -OCH3 is 1. The molecule has 118 valence electrons. The summed E-state index contributed by atoms with van der Waals surface area (Å²) in [7, 11) is 1.43. The highest BCUT2D eigenvalue weighted by atomic mass is 19.1. The van der Waals surface area contributed by atoms with Gasteiger partial charge in [-0.15, -0.1) is 0 Å². The summed E-state index contributed by atoms with van der Waals surface area (Å²) in [6.45, 7) is 8.35. The van der Waals surface area contributed by atoms with Gasteiger partial charge in [-0.2, -0.15) is 0 Å². The van der Waals surface area contributed by atoms with Gasteiger partial charge < -0.3 is 15.0 Å². The third kappa shape index (κ3) is 5.01. The van der Waals surface area contributed by atoms with Crippen molar-refractivity contribution in [2.75, 3.05) is 26.7 Å². The van der Waals surface area contributed by atoms with Gasteiger partial charge in [0.15, 0.2) is 11.6 Å². The molecule has 1 unspecified atom stereocenters. The molecule has 0 bridgehead atoms. The minimum atomic E-state index is -0.404. The molecule has 0 aliphatic carbocycles. The molecular formula is C16H25FN2O2. The highest BCUT2D eigenvalue weighted by molar-refractivity contribution is 5.78. The summed E-state index contributed by atoms with van der Waals surface area (Å²) in [5, 5.41) is 3.17. The van der Waals surface area contributed by atoms with Gasteiger partial charge >= 0.3 is 0 Å². The van der Waals surface area contributed by atoms with Crippen LogP contribution >= 0.6 is 0 Å². The van der Waals surface area contributed by atoms with Crippen LogP contribution in [0.3, 0.4) is 0 Å². The molecule has 0 spiro atoms. The first-order chi connectivity index (χ1) is 10.0. The topological polar surface area (TPSA) is 41.6 Å². The number of halogens is 1. The number of carbonyl (C=O) groups is 1. The molecule has 0 heterocycles. The monoisotopic (exact) mass is 296 g/mol. The van der Waals surface area contributed by atoms with Crippen molar-refractivity contribution in [2.24, 2.45) is 5.92 Å². The Bertz CT molecular complexity index is 466. The highest BCUT2D eigenvalue weighted by Crippen LogP contribution is 2.19. The van der Waals surface area contributed by atoms with Crippen molar-refractivity contribution in [1.82, 2.24) is 10.2 Å². The zero-order valence-electron chi connectivity index (χ0n) is 13.3. The standard InChI is InChI=1S/C16H25FN2O2/c1-5-18-10-12(3)16(20)19(6-2)11-13-7-8-15(21-4)14(17)9-13/h7-9,12,18H,5-6,10-11H2,1-4H3. The largest absolute Gasteiger partial charge is 0.494 e. The predicted octanol–water partition coefficient (Wildman–Crippen LogP) is 2.43. The van der Waals surface area contributed by atoms with Crippen LogP contribution in [0.5, 0.6) is 5.75 Å². The Morgan fingerprint density at radius 2 is 2.14 bits per heavy atom. The van der Waals surface area contributed by atoms with Crippen molar-refractivity contribution in [3.8, 4) is 5.75 Å². The maximum absolute atomic E-state index is 13.7. The average Bonchev–Trinajstić information content (AvgIpc) is 2.49. The normalized spacial score (nSPS) is 12.0. The van der Waals surface area contributed by atoms with Crippen molar-refractivity contribution < 1.29 is 13.9 Å². The van der Waals surface area contributed by atoms with Gasteiger partial charge in [0, 0.05) is 25.6 Å². The third-order valence-corrected chi connectivity index (χ3v) is 3.41. The molecule has 0 aliphatic rings. The molecule has 1 amide bonds. The average molecular weight is 296 g/mol. The van der Waals surface area contributed by atoms with E-state index < -0.39 is 5.82 Å². The molecule has 1 aromatic rings. The van der Waals surface area contributed by atoms with E-state index in [0.29, 0.717) is 19.6 Å². The lowest BCUT2D eigenvalue weighted by molar-refractivity contribution is -0.135. The van der Waals surface area contributed by atoms with Crippen molar-refractivity contribution in [1.29, 1.82) is 0 Å². The van der Waals surface area contributed by atoms with Gasteiger partial charge in [0.25, 0.3) is 0 Å². The fraction of sp³-hybridized carbons (Fsp3) is 0.562. The Morgan fingerprint density at radius 3 is 2.67 bits per heavy atom. The summed E-state index contributed by atoms with van der Waals surface area (Å²) in [6.07, 6.45) is 0. The first kappa shape index (κ1) is 17.4. The Morgan fingerprint density at radius 1 is 1.43 bits per heavy atom. The lowest BCUT2D eigenvalue weighted by Gasteiger charge is -2.25. The second kappa shape index (κ2) is 8.62. The molecule has 1 atom stereocenters. The van der Waals surface area contributed by atoms with E-state index >= 15 is 0 Å². The summed E-state index contributed by atoms with van der Waals surface area (Å²) in [4.78, 5) is 14.1. The van der Waals surface area contributed by atoms with Crippen molar-refractivity contribution >= 4 is 5.91 Å². The molecule has 1 rings (SSSR count). The van der Waals surface area contributed by atoms with Gasteiger partial charge in [-0.25, -0.2) is 4.39 Å². The second-order valence-electron chi connectivity index (χ2n) is 5.03. The molecule has 0 radical (unpaired) electrons. The molecule has 4 nitrogen and oxygen atoms in total. The molecule has 0 fully saturated rings. The summed E-state index contributed by atoms with van der Waals surface area (Å²) in [5.41, 5.74) is 0.763. The van der Waals surface area contributed by atoms with Crippen molar-refractivity contribution in [3.63, 3.8) is 0 Å². The van der Waals surface area contributed by atoms with Crippen LogP contribution in [0.2, 0.25) is 0 Å². The first-order valence-corrected chi connectivity index (χ1v) is 7.35. The fourth-order valence-electron chi connectivity index (χ4n) is 2.13. The molecule has 0 saturated carbocycles. The second-order valence-corrected chi connectivity index (χ2v) is 5.03. The lowest BCUT2D eigenvalue weighted by Crippen LogP contribution is -2.38. The number of hydrogen-bond acceptors (Lipinski definition) is 3. The Balaban J connectivity index is 2.73. The van der Waals surface area contributed by atoms with E-state index in [-0.39, 0.29) is 17.6 Å². The van der Waals surface area contributed by atoms with Gasteiger partial charge in [-0.3, -0.25) is 4.79 Å². The summed E-state index contributed by atoms with van der Waals surface area (Å²) < 4.78 is 18.6. The van der Waals surface area contributed by atoms with Gasteiger partial charge in [0.05, 0.1) is 7.11 Å². The minimum Gasteiger partial charge on any atom is -0.494 e. The number of hydrogen-bond donors (Lipinski definition) is 1. The van der Waals surface area contributed by atoms with E-state index in [1.54, 1.807) is 17.0 Å². The number of nitrogens with zero attached hydrogens (tertiary/aromatic N) is 1. The van der Waals surface area contributed by atoms with Gasteiger partial charge in [-0.05, 0) is 31.2 Å². The maximum Gasteiger partial charge on any atom is 0.226 e. The van der Waals surface area contributed by atoms with Crippen LogP contribution in [-0.4, -0.2) is 37.6 Å². The Labute approximate surface area is 126 Å². The maximum atomic E-state index is 13.7. The summed E-state index contributed by atoms with van der Waals surface area (Å²) in [5.74, 6) is -0.199. The summed E-state index contributed by atoms with van der Waals surface area (Å²) in [6, 6.07) is 4.79. The number of amides is 1. The first-order valence-electron chi connectivity index (χ1n) is 7.35. The number of ether oxygens (including phenoxy) is 1. The SMILES string of the molecule is CCNCC(C)C(=O)N(CC)Cc1ccc(OC)c(F)c1. The van der Waals surface area contributed by atoms with Gasteiger partial charge in [0.1, 0.15) is 0 Å². The Hall–Kier alpha value is -1.62. The summed E-state index contributed by atoms with van der Waals surface area (Å²) >= 11 is 0. The quantitative estimate of drug-likeness (QED) is 0.801. The molecule has 21 heavy (non-hydrogen) atoms. The van der Waals surface area contributed by atoms with E-state index in [4.69, 9.17) is 4.74 Å².